The third-order valence-electron chi connectivity index (χ3n) is 1.55. The number of rotatable bonds is 3. The van der Waals surface area contributed by atoms with Gasteiger partial charge in [0.25, 0.3) is 0 Å². The predicted octanol–water partition coefficient (Wildman–Crippen LogP) is 3.77. The summed E-state index contributed by atoms with van der Waals surface area (Å²) in [7, 11) is 0. The predicted molar refractivity (Wildman–Crippen MR) is 57.3 cm³/mol. The van der Waals surface area contributed by atoms with Crippen LogP contribution < -0.4 is 4.74 Å². The second-order valence-electron chi connectivity index (χ2n) is 3.06. The fraction of sp³-hybridized carbons (Fsp3) is 0.273. The normalized spacial score (nSPS) is 10.2. The molecule has 0 saturated heterocycles. The van der Waals surface area contributed by atoms with Crippen LogP contribution in [0.1, 0.15) is 19.4 Å². The first-order chi connectivity index (χ1) is 6.13. The van der Waals surface area contributed by atoms with Crippen molar-refractivity contribution in [3.8, 4) is 5.75 Å². The molecule has 0 bridgehead atoms. The number of hydrogen-bond acceptors (Lipinski definition) is 1. The molecule has 0 fully saturated rings. The first-order valence-electron chi connectivity index (χ1n) is 4.22. The van der Waals surface area contributed by atoms with E-state index in [1.165, 1.54) is 0 Å². The van der Waals surface area contributed by atoms with Crippen LogP contribution in [0.15, 0.2) is 24.8 Å². The lowest BCUT2D eigenvalue weighted by Crippen LogP contribution is -2.05. The van der Waals surface area contributed by atoms with Gasteiger partial charge in [-0.3, -0.25) is 0 Å². The van der Waals surface area contributed by atoms with Gasteiger partial charge in [0.2, 0.25) is 0 Å². The number of halogens is 1. The Kier molecular flexibility index (Phi) is 3.38. The van der Waals surface area contributed by atoms with Crippen molar-refractivity contribution in [3.05, 3.63) is 35.4 Å². The molecule has 0 radical (unpaired) electrons. The SMILES string of the molecule is C=Cc1ccc(OC(C)C)c(Cl)c1. The van der Waals surface area contributed by atoms with Gasteiger partial charge in [0, 0.05) is 0 Å². The van der Waals surface area contributed by atoms with Crippen molar-refractivity contribution in [2.45, 2.75) is 20.0 Å². The van der Waals surface area contributed by atoms with Crippen LogP contribution in [0.4, 0.5) is 0 Å². The van der Waals surface area contributed by atoms with E-state index >= 15 is 0 Å². The Morgan fingerprint density at radius 2 is 2.15 bits per heavy atom. The van der Waals surface area contributed by atoms with Gasteiger partial charge in [0.15, 0.2) is 0 Å². The van der Waals surface area contributed by atoms with E-state index in [0.29, 0.717) is 5.02 Å². The van der Waals surface area contributed by atoms with Gasteiger partial charge in [-0.2, -0.15) is 0 Å². The Hall–Kier alpha value is -0.950. The molecule has 0 aliphatic carbocycles. The summed E-state index contributed by atoms with van der Waals surface area (Å²) in [6.45, 7) is 7.60. The quantitative estimate of drug-likeness (QED) is 0.715. The molecular formula is C11H13ClO. The highest BCUT2D eigenvalue weighted by Crippen LogP contribution is 2.26. The molecule has 1 rings (SSSR count). The van der Waals surface area contributed by atoms with Crippen molar-refractivity contribution in [1.29, 1.82) is 0 Å². The maximum absolute atomic E-state index is 5.98. The summed E-state index contributed by atoms with van der Waals surface area (Å²) in [6, 6.07) is 5.63. The summed E-state index contributed by atoms with van der Waals surface area (Å²) in [5.41, 5.74) is 1.00. The van der Waals surface area contributed by atoms with Crippen molar-refractivity contribution >= 4 is 17.7 Å². The van der Waals surface area contributed by atoms with Crippen molar-refractivity contribution in [2.24, 2.45) is 0 Å². The van der Waals surface area contributed by atoms with Crippen LogP contribution in [0.25, 0.3) is 6.08 Å². The molecular weight excluding hydrogens is 184 g/mol. The first kappa shape index (κ1) is 10.1. The van der Waals surface area contributed by atoms with Crippen molar-refractivity contribution in [2.75, 3.05) is 0 Å². The summed E-state index contributed by atoms with van der Waals surface area (Å²) in [5, 5.41) is 0.631. The lowest BCUT2D eigenvalue weighted by atomic mass is 10.2. The van der Waals surface area contributed by atoms with Crippen LogP contribution in [0.5, 0.6) is 5.75 Å². The maximum atomic E-state index is 5.98. The summed E-state index contributed by atoms with van der Waals surface area (Å²) in [4.78, 5) is 0. The van der Waals surface area contributed by atoms with Crippen LogP contribution >= 0.6 is 11.6 Å². The molecule has 1 nitrogen and oxygen atoms in total. The highest BCUT2D eigenvalue weighted by molar-refractivity contribution is 6.32. The minimum absolute atomic E-state index is 0.145. The topological polar surface area (TPSA) is 9.23 Å². The summed E-state index contributed by atoms with van der Waals surface area (Å²) >= 11 is 5.98. The van der Waals surface area contributed by atoms with Gasteiger partial charge in [0.1, 0.15) is 5.75 Å². The molecule has 0 N–H and O–H groups in total. The molecule has 0 unspecified atom stereocenters. The molecule has 0 heterocycles. The van der Waals surface area contributed by atoms with E-state index in [9.17, 15) is 0 Å². The van der Waals surface area contributed by atoms with Crippen LogP contribution in [-0.2, 0) is 0 Å². The third-order valence-corrected chi connectivity index (χ3v) is 1.85. The number of benzene rings is 1. The van der Waals surface area contributed by atoms with Crippen molar-refractivity contribution in [3.63, 3.8) is 0 Å². The van der Waals surface area contributed by atoms with Crippen LogP contribution in [0, 0.1) is 0 Å². The molecule has 0 saturated carbocycles. The van der Waals surface area contributed by atoms with Gasteiger partial charge in [-0.05, 0) is 31.5 Å². The Bertz CT molecular complexity index is 305. The van der Waals surface area contributed by atoms with E-state index in [-0.39, 0.29) is 6.10 Å². The second kappa shape index (κ2) is 4.33. The zero-order chi connectivity index (χ0) is 9.84. The van der Waals surface area contributed by atoms with Gasteiger partial charge in [-0.1, -0.05) is 30.3 Å². The average Bonchev–Trinajstić information content (AvgIpc) is 2.08. The largest absolute Gasteiger partial charge is 0.489 e. The molecule has 0 atom stereocenters. The van der Waals surface area contributed by atoms with Crippen LogP contribution in [0.3, 0.4) is 0 Å². The molecule has 1 aromatic rings. The van der Waals surface area contributed by atoms with E-state index < -0.39 is 0 Å². The highest BCUT2D eigenvalue weighted by atomic mass is 35.5. The fourth-order valence-electron chi connectivity index (χ4n) is 0.994. The Morgan fingerprint density at radius 3 is 2.62 bits per heavy atom. The van der Waals surface area contributed by atoms with E-state index in [0.717, 1.165) is 11.3 Å². The smallest absolute Gasteiger partial charge is 0.138 e. The Morgan fingerprint density at radius 1 is 1.46 bits per heavy atom. The molecule has 70 valence electrons. The summed E-state index contributed by atoms with van der Waals surface area (Å²) < 4.78 is 5.48. The van der Waals surface area contributed by atoms with E-state index in [4.69, 9.17) is 16.3 Å². The van der Waals surface area contributed by atoms with Gasteiger partial charge in [-0.25, -0.2) is 0 Å². The summed E-state index contributed by atoms with van der Waals surface area (Å²) in [5.74, 6) is 0.724. The molecule has 0 amide bonds. The van der Waals surface area contributed by atoms with E-state index in [1.54, 1.807) is 6.08 Å². The fourth-order valence-corrected chi connectivity index (χ4v) is 1.23. The third kappa shape index (κ3) is 2.78. The zero-order valence-electron chi connectivity index (χ0n) is 7.88. The Balaban J connectivity index is 2.91. The lowest BCUT2D eigenvalue weighted by Gasteiger charge is -2.11. The average molecular weight is 197 g/mol. The molecule has 0 aliphatic heterocycles. The maximum Gasteiger partial charge on any atom is 0.138 e. The second-order valence-corrected chi connectivity index (χ2v) is 3.47. The van der Waals surface area contributed by atoms with Crippen LogP contribution in [-0.4, -0.2) is 6.10 Å². The molecule has 0 spiro atoms. The molecule has 13 heavy (non-hydrogen) atoms. The lowest BCUT2D eigenvalue weighted by molar-refractivity contribution is 0.242. The minimum atomic E-state index is 0.145. The molecule has 2 heteroatoms. The van der Waals surface area contributed by atoms with E-state index in [2.05, 4.69) is 6.58 Å². The monoisotopic (exact) mass is 196 g/mol. The van der Waals surface area contributed by atoms with Gasteiger partial charge < -0.3 is 4.74 Å². The molecule has 1 aromatic carbocycles. The standard InChI is InChI=1S/C11H13ClO/c1-4-9-5-6-11(10(12)7-9)13-8(2)3/h4-8H,1H2,2-3H3. The highest BCUT2D eigenvalue weighted by Gasteiger charge is 2.03. The van der Waals surface area contributed by atoms with Crippen molar-refractivity contribution < 1.29 is 4.74 Å². The number of hydrogen-bond donors (Lipinski definition) is 0. The minimum Gasteiger partial charge on any atom is -0.489 e. The van der Waals surface area contributed by atoms with E-state index in [1.807, 2.05) is 32.0 Å². The van der Waals surface area contributed by atoms with Crippen LogP contribution in [0.2, 0.25) is 5.02 Å². The molecule has 0 aromatic heterocycles. The zero-order valence-corrected chi connectivity index (χ0v) is 8.64. The van der Waals surface area contributed by atoms with Gasteiger partial charge in [0.05, 0.1) is 11.1 Å². The van der Waals surface area contributed by atoms with Gasteiger partial charge >= 0.3 is 0 Å². The summed E-state index contributed by atoms with van der Waals surface area (Å²) in [6.07, 6.45) is 1.90. The first-order valence-corrected chi connectivity index (χ1v) is 4.60. The van der Waals surface area contributed by atoms with Crippen molar-refractivity contribution in [1.82, 2.24) is 0 Å². The number of ether oxygens (including phenoxy) is 1. The Labute approximate surface area is 84.0 Å². The van der Waals surface area contributed by atoms with Gasteiger partial charge in [-0.15, -0.1) is 0 Å². The molecule has 0 aliphatic rings.